The SMILES string of the molecule is Cc1cc(C(C)NC(C)c2cccc(F)c2F)c(C)o1. The van der Waals surface area contributed by atoms with Gasteiger partial charge in [0.1, 0.15) is 11.5 Å². The van der Waals surface area contributed by atoms with Crippen LogP contribution >= 0.6 is 0 Å². The number of hydrogen-bond donors (Lipinski definition) is 1. The second-order valence-electron chi connectivity index (χ2n) is 5.12. The number of furan rings is 1. The minimum atomic E-state index is -0.820. The van der Waals surface area contributed by atoms with Crippen LogP contribution in [0.2, 0.25) is 0 Å². The molecule has 0 saturated carbocycles. The topological polar surface area (TPSA) is 25.2 Å². The summed E-state index contributed by atoms with van der Waals surface area (Å²) in [7, 11) is 0. The molecule has 0 bridgehead atoms. The van der Waals surface area contributed by atoms with Crippen molar-refractivity contribution in [2.24, 2.45) is 0 Å². The van der Waals surface area contributed by atoms with Crippen molar-refractivity contribution in [3.8, 4) is 0 Å². The Bertz CT molecular complexity index is 607. The smallest absolute Gasteiger partial charge is 0.163 e. The second-order valence-corrected chi connectivity index (χ2v) is 5.12. The third kappa shape index (κ3) is 2.90. The summed E-state index contributed by atoms with van der Waals surface area (Å²) in [6.45, 7) is 7.58. The van der Waals surface area contributed by atoms with Crippen molar-refractivity contribution in [3.63, 3.8) is 0 Å². The summed E-state index contributed by atoms with van der Waals surface area (Å²) in [6.07, 6.45) is 0. The Hall–Kier alpha value is -1.68. The van der Waals surface area contributed by atoms with E-state index in [4.69, 9.17) is 4.42 Å². The Kier molecular flexibility index (Phi) is 4.23. The Balaban J connectivity index is 2.17. The van der Waals surface area contributed by atoms with Gasteiger partial charge in [0.05, 0.1) is 0 Å². The second kappa shape index (κ2) is 5.75. The first-order valence-electron chi connectivity index (χ1n) is 6.67. The van der Waals surface area contributed by atoms with Crippen molar-refractivity contribution >= 4 is 0 Å². The lowest BCUT2D eigenvalue weighted by atomic mass is 10.0. The molecular weight excluding hydrogens is 260 g/mol. The van der Waals surface area contributed by atoms with Gasteiger partial charge in [-0.05, 0) is 39.8 Å². The number of halogens is 2. The predicted octanol–water partition coefficient (Wildman–Crippen LogP) is 4.59. The molecule has 20 heavy (non-hydrogen) atoms. The van der Waals surface area contributed by atoms with Crippen LogP contribution in [0.5, 0.6) is 0 Å². The average Bonchev–Trinajstić information content (AvgIpc) is 2.71. The van der Waals surface area contributed by atoms with E-state index in [9.17, 15) is 8.78 Å². The average molecular weight is 279 g/mol. The molecule has 0 aliphatic carbocycles. The van der Waals surface area contributed by atoms with E-state index in [0.717, 1.165) is 23.2 Å². The first-order valence-corrected chi connectivity index (χ1v) is 6.67. The fourth-order valence-electron chi connectivity index (χ4n) is 2.49. The van der Waals surface area contributed by atoms with E-state index in [1.54, 1.807) is 6.07 Å². The van der Waals surface area contributed by atoms with Gasteiger partial charge in [0.2, 0.25) is 0 Å². The third-order valence-electron chi connectivity index (χ3n) is 3.49. The van der Waals surface area contributed by atoms with Gasteiger partial charge < -0.3 is 9.73 Å². The number of benzene rings is 1. The Labute approximate surface area is 117 Å². The van der Waals surface area contributed by atoms with Crippen LogP contribution in [0.3, 0.4) is 0 Å². The maximum atomic E-state index is 13.8. The first kappa shape index (κ1) is 14.7. The fraction of sp³-hybridized carbons (Fsp3) is 0.375. The van der Waals surface area contributed by atoms with Crippen molar-refractivity contribution in [2.75, 3.05) is 0 Å². The van der Waals surface area contributed by atoms with Gasteiger partial charge in [0, 0.05) is 23.2 Å². The first-order chi connectivity index (χ1) is 9.40. The molecule has 0 amide bonds. The molecule has 108 valence electrons. The normalized spacial score (nSPS) is 14.3. The lowest BCUT2D eigenvalue weighted by Gasteiger charge is -2.20. The Morgan fingerprint density at radius 2 is 1.70 bits per heavy atom. The molecule has 0 aliphatic heterocycles. The van der Waals surface area contributed by atoms with Crippen LogP contribution in [0.4, 0.5) is 8.78 Å². The molecule has 4 heteroatoms. The molecule has 2 aromatic rings. The fourth-order valence-corrected chi connectivity index (χ4v) is 2.49. The number of hydrogen-bond acceptors (Lipinski definition) is 2. The van der Waals surface area contributed by atoms with E-state index < -0.39 is 11.6 Å². The minimum absolute atomic E-state index is 0.00915. The van der Waals surface area contributed by atoms with Gasteiger partial charge in [0.15, 0.2) is 11.6 Å². The highest BCUT2D eigenvalue weighted by Crippen LogP contribution is 2.26. The van der Waals surface area contributed by atoms with Crippen molar-refractivity contribution in [2.45, 2.75) is 39.8 Å². The quantitative estimate of drug-likeness (QED) is 0.885. The zero-order chi connectivity index (χ0) is 14.9. The monoisotopic (exact) mass is 279 g/mol. The Morgan fingerprint density at radius 1 is 1.05 bits per heavy atom. The van der Waals surface area contributed by atoms with E-state index in [2.05, 4.69) is 5.32 Å². The van der Waals surface area contributed by atoms with Crippen molar-refractivity contribution in [1.82, 2.24) is 5.32 Å². The molecular formula is C16H19F2NO. The van der Waals surface area contributed by atoms with Crippen LogP contribution in [0, 0.1) is 25.5 Å². The van der Waals surface area contributed by atoms with Gasteiger partial charge in [-0.2, -0.15) is 0 Å². The summed E-state index contributed by atoms with van der Waals surface area (Å²) in [5, 5.41) is 3.27. The van der Waals surface area contributed by atoms with Gasteiger partial charge in [-0.3, -0.25) is 0 Å². The van der Waals surface area contributed by atoms with Gasteiger partial charge in [0.25, 0.3) is 0 Å². The molecule has 2 atom stereocenters. The summed E-state index contributed by atoms with van der Waals surface area (Å²) >= 11 is 0. The molecule has 1 aromatic heterocycles. The molecule has 2 unspecified atom stereocenters. The number of rotatable bonds is 4. The molecule has 0 aliphatic rings. The van der Waals surface area contributed by atoms with E-state index in [-0.39, 0.29) is 12.1 Å². The van der Waals surface area contributed by atoms with Gasteiger partial charge in [-0.15, -0.1) is 0 Å². The lowest BCUT2D eigenvalue weighted by Crippen LogP contribution is -2.23. The lowest BCUT2D eigenvalue weighted by molar-refractivity contribution is 0.442. The van der Waals surface area contributed by atoms with Crippen LogP contribution in [-0.4, -0.2) is 0 Å². The maximum Gasteiger partial charge on any atom is 0.163 e. The number of aryl methyl sites for hydroxylation is 2. The molecule has 0 fully saturated rings. The van der Waals surface area contributed by atoms with E-state index in [1.165, 1.54) is 6.07 Å². The molecule has 1 N–H and O–H groups in total. The third-order valence-corrected chi connectivity index (χ3v) is 3.49. The zero-order valence-corrected chi connectivity index (χ0v) is 12.1. The van der Waals surface area contributed by atoms with Crippen molar-refractivity contribution < 1.29 is 13.2 Å². The van der Waals surface area contributed by atoms with E-state index >= 15 is 0 Å². The molecule has 0 radical (unpaired) electrons. The maximum absolute atomic E-state index is 13.8. The van der Waals surface area contributed by atoms with E-state index in [1.807, 2.05) is 33.8 Å². The molecule has 0 saturated heterocycles. The van der Waals surface area contributed by atoms with Crippen LogP contribution in [0.25, 0.3) is 0 Å². The Morgan fingerprint density at radius 3 is 2.30 bits per heavy atom. The minimum Gasteiger partial charge on any atom is -0.466 e. The summed E-state index contributed by atoms with van der Waals surface area (Å²) in [5.41, 5.74) is 1.36. The zero-order valence-electron chi connectivity index (χ0n) is 12.1. The molecule has 1 heterocycles. The molecule has 1 aromatic carbocycles. The highest BCUT2D eigenvalue weighted by molar-refractivity contribution is 5.26. The highest BCUT2D eigenvalue weighted by atomic mass is 19.2. The highest BCUT2D eigenvalue weighted by Gasteiger charge is 2.19. The van der Waals surface area contributed by atoms with Crippen LogP contribution in [-0.2, 0) is 0 Å². The van der Waals surface area contributed by atoms with Crippen LogP contribution in [0.1, 0.15) is 48.6 Å². The van der Waals surface area contributed by atoms with Crippen LogP contribution in [0.15, 0.2) is 28.7 Å². The summed E-state index contributed by atoms with van der Waals surface area (Å²) in [6, 6.07) is 5.89. The van der Waals surface area contributed by atoms with Gasteiger partial charge >= 0.3 is 0 Å². The summed E-state index contributed by atoms with van der Waals surface area (Å²) in [4.78, 5) is 0. The molecule has 0 spiro atoms. The number of nitrogens with one attached hydrogen (secondary N) is 1. The predicted molar refractivity (Wildman–Crippen MR) is 74.5 cm³/mol. The van der Waals surface area contributed by atoms with E-state index in [0.29, 0.717) is 5.56 Å². The standard InChI is InChI=1S/C16H19F2NO/c1-9-8-14(12(4)20-9)11(3)19-10(2)13-6-5-7-15(17)16(13)18/h5-8,10-11,19H,1-4H3. The van der Waals surface area contributed by atoms with Crippen molar-refractivity contribution in [1.29, 1.82) is 0 Å². The van der Waals surface area contributed by atoms with Crippen molar-refractivity contribution in [3.05, 3.63) is 58.5 Å². The summed E-state index contributed by atoms with van der Waals surface area (Å²) in [5.74, 6) is 0.0732. The molecule has 2 rings (SSSR count). The largest absolute Gasteiger partial charge is 0.466 e. The van der Waals surface area contributed by atoms with Gasteiger partial charge in [-0.1, -0.05) is 12.1 Å². The summed E-state index contributed by atoms with van der Waals surface area (Å²) < 4.78 is 32.5. The van der Waals surface area contributed by atoms with Crippen LogP contribution < -0.4 is 5.32 Å². The molecule has 2 nitrogen and oxygen atoms in total. The van der Waals surface area contributed by atoms with Gasteiger partial charge in [-0.25, -0.2) is 8.78 Å².